The number of aryl methyl sites for hydroxylation is 1. The first-order valence-electron chi connectivity index (χ1n) is 20.4. The molecule has 6 heterocycles. The summed E-state index contributed by atoms with van der Waals surface area (Å²) in [5.74, 6) is -0.885. The zero-order valence-electron chi connectivity index (χ0n) is 32.8. The molecular weight excluding hydrogens is 753 g/mol. The largest absolute Gasteiger partial charge is 0.392 e. The minimum atomic E-state index is -0.989. The van der Waals surface area contributed by atoms with Gasteiger partial charge < -0.3 is 20.3 Å². The van der Waals surface area contributed by atoms with E-state index < -0.39 is 29.7 Å². The Balaban J connectivity index is 0.744. The van der Waals surface area contributed by atoms with Crippen LogP contribution in [0.5, 0.6) is 0 Å². The number of imide groups is 2. The summed E-state index contributed by atoms with van der Waals surface area (Å²) in [6.45, 7) is 5.58. The van der Waals surface area contributed by atoms with Gasteiger partial charge in [0.2, 0.25) is 11.8 Å². The number of H-pyrrole nitrogens is 1. The van der Waals surface area contributed by atoms with Gasteiger partial charge in [0, 0.05) is 55.5 Å². The van der Waals surface area contributed by atoms with Gasteiger partial charge in [0.1, 0.15) is 17.6 Å². The zero-order valence-corrected chi connectivity index (χ0v) is 32.8. The third kappa shape index (κ3) is 7.72. The first kappa shape index (κ1) is 38.3. The highest BCUT2D eigenvalue weighted by Gasteiger charge is 2.46. The molecule has 0 radical (unpaired) electrons. The molecule has 2 aromatic heterocycles. The monoisotopic (exact) mass is 798 g/mol. The number of aliphatic hydroxyl groups excluding tert-OH is 1. The molecule has 4 aliphatic rings. The van der Waals surface area contributed by atoms with E-state index in [4.69, 9.17) is 4.98 Å². The maximum Gasteiger partial charge on any atom is 0.264 e. The predicted octanol–water partition coefficient (Wildman–Crippen LogP) is 4.13. The average Bonchev–Trinajstić information content (AvgIpc) is 4.00. The van der Waals surface area contributed by atoms with Crippen molar-refractivity contribution in [3.05, 3.63) is 89.4 Å². The molecule has 3 atom stereocenters. The van der Waals surface area contributed by atoms with E-state index in [2.05, 4.69) is 42.7 Å². The third-order valence-electron chi connectivity index (χ3n) is 12.2. The van der Waals surface area contributed by atoms with Gasteiger partial charge in [0.15, 0.2) is 0 Å². The first-order valence-corrected chi connectivity index (χ1v) is 20.4. The number of imidazole rings is 1. The summed E-state index contributed by atoms with van der Waals surface area (Å²) < 4.78 is 1.85. The Morgan fingerprint density at radius 2 is 1.80 bits per heavy atom. The third-order valence-corrected chi connectivity index (χ3v) is 12.2. The van der Waals surface area contributed by atoms with Crippen LogP contribution in [0.25, 0.3) is 22.3 Å². The topological polar surface area (TPSA) is 199 Å². The van der Waals surface area contributed by atoms with Crippen LogP contribution >= 0.6 is 0 Å². The maximum absolute atomic E-state index is 13.6. The van der Waals surface area contributed by atoms with Crippen LogP contribution in [0.15, 0.2) is 66.9 Å². The predicted molar refractivity (Wildman–Crippen MR) is 217 cm³/mol. The number of piperidine rings is 2. The second kappa shape index (κ2) is 15.8. The summed E-state index contributed by atoms with van der Waals surface area (Å²) in [5, 5.41) is 23.9. The Morgan fingerprint density at radius 3 is 2.56 bits per heavy atom. The average molecular weight is 799 g/mol. The number of carbonyl (C=O) groups is 5. The van der Waals surface area contributed by atoms with E-state index in [0.717, 1.165) is 84.8 Å². The van der Waals surface area contributed by atoms with E-state index >= 15 is 0 Å². The van der Waals surface area contributed by atoms with E-state index in [9.17, 15) is 29.1 Å². The highest BCUT2D eigenvalue weighted by Crippen LogP contribution is 2.36. The summed E-state index contributed by atoms with van der Waals surface area (Å²) in [5.41, 5.74) is 5.75. The van der Waals surface area contributed by atoms with Crippen molar-refractivity contribution < 1.29 is 29.1 Å². The molecule has 0 aliphatic carbocycles. The molecule has 0 bridgehead atoms. The van der Waals surface area contributed by atoms with Crippen LogP contribution < -0.4 is 15.5 Å². The van der Waals surface area contributed by atoms with Gasteiger partial charge in [-0.05, 0) is 93.8 Å². The number of hydrogen-bond donors (Lipinski definition) is 4. The summed E-state index contributed by atoms with van der Waals surface area (Å²) in [4.78, 5) is 77.7. The number of aromatic nitrogens is 5. The van der Waals surface area contributed by atoms with Crippen LogP contribution in [0.2, 0.25) is 0 Å². The fourth-order valence-electron chi connectivity index (χ4n) is 8.99. The summed E-state index contributed by atoms with van der Waals surface area (Å²) in [7, 11) is 0. The van der Waals surface area contributed by atoms with Crippen molar-refractivity contribution in [3.8, 4) is 11.3 Å². The number of nitrogens with one attached hydrogen (secondary N) is 3. The van der Waals surface area contributed by atoms with Crippen LogP contribution in [0, 0.1) is 5.92 Å². The molecule has 5 aromatic rings. The van der Waals surface area contributed by atoms with E-state index in [1.165, 1.54) is 0 Å². The van der Waals surface area contributed by atoms with E-state index in [1.807, 2.05) is 47.3 Å². The fourth-order valence-corrected chi connectivity index (χ4v) is 8.99. The Hall–Kier alpha value is -6.26. The van der Waals surface area contributed by atoms with Crippen molar-refractivity contribution in [2.45, 2.75) is 83.1 Å². The number of β-amino-alcohol motifs (C(OH)–C–C–N with tert-alkyl or cyclic N) is 1. The zero-order chi connectivity index (χ0) is 40.8. The number of hydrogen-bond acceptors (Lipinski definition) is 11. The van der Waals surface area contributed by atoms with Crippen LogP contribution in [0.1, 0.15) is 88.8 Å². The number of benzene rings is 3. The molecule has 16 heteroatoms. The standard InChI is InChI=1S/C43H46N10O6/c1-25-20-30(54)22-51(25)24-37-45-32-12-11-29(21-33(32)46-37)44-40(56)28-9-7-27(8-10-28)34-23-52(49-48-34)17-3-4-26-15-18-50(19-16-26)35-6-2-5-31-39(35)43(59)53(42(31)58)36-13-14-38(55)47-41(36)57/h2,5-12,21,23,25-26,30,36,54H,3-4,13-20,22,24H2,1H3,(H,44,56)(H,45,46)(H,47,55,57)/t25-,30-,36?/m0/s1. The van der Waals surface area contributed by atoms with Gasteiger partial charge in [-0.3, -0.25) is 43.8 Å². The van der Waals surface area contributed by atoms with Gasteiger partial charge in [-0.15, -0.1) is 5.10 Å². The van der Waals surface area contributed by atoms with E-state index in [-0.39, 0.29) is 24.9 Å². The van der Waals surface area contributed by atoms with Crippen LogP contribution in [-0.4, -0.2) is 107 Å². The number of aromatic amines is 1. The molecule has 0 saturated carbocycles. The van der Waals surface area contributed by atoms with Gasteiger partial charge >= 0.3 is 0 Å². The van der Waals surface area contributed by atoms with Crippen LogP contribution in [0.3, 0.4) is 0 Å². The summed E-state index contributed by atoms with van der Waals surface area (Å²) in [6, 6.07) is 17.5. The number of likely N-dealkylation sites (tertiary alicyclic amines) is 1. The molecular formula is C43H46N10O6. The lowest BCUT2D eigenvalue weighted by atomic mass is 9.91. The molecule has 3 saturated heterocycles. The van der Waals surface area contributed by atoms with Crippen molar-refractivity contribution in [1.29, 1.82) is 0 Å². The van der Waals surface area contributed by atoms with Crippen molar-refractivity contribution in [2.75, 3.05) is 29.9 Å². The van der Waals surface area contributed by atoms with E-state index in [0.29, 0.717) is 53.1 Å². The number of amides is 5. The molecule has 304 valence electrons. The van der Waals surface area contributed by atoms with Crippen LogP contribution in [0.4, 0.5) is 11.4 Å². The highest BCUT2D eigenvalue weighted by molar-refractivity contribution is 6.25. The maximum atomic E-state index is 13.6. The molecule has 16 nitrogen and oxygen atoms in total. The molecule has 59 heavy (non-hydrogen) atoms. The number of carbonyl (C=O) groups excluding carboxylic acids is 5. The minimum Gasteiger partial charge on any atom is -0.392 e. The highest BCUT2D eigenvalue weighted by atomic mass is 16.3. The Morgan fingerprint density at radius 1 is 0.983 bits per heavy atom. The Labute approximate surface area is 339 Å². The minimum absolute atomic E-state index is 0.0831. The summed E-state index contributed by atoms with van der Waals surface area (Å²) >= 11 is 0. The Kier molecular flexibility index (Phi) is 10.3. The van der Waals surface area contributed by atoms with E-state index in [1.54, 1.807) is 24.3 Å². The number of rotatable bonds is 11. The second-order valence-electron chi connectivity index (χ2n) is 16.2. The molecule has 3 fully saturated rings. The van der Waals surface area contributed by atoms with Gasteiger partial charge in [0.05, 0.1) is 46.7 Å². The van der Waals surface area contributed by atoms with Gasteiger partial charge in [0.25, 0.3) is 17.7 Å². The smallest absolute Gasteiger partial charge is 0.264 e. The quantitative estimate of drug-likeness (QED) is 0.140. The van der Waals surface area contributed by atoms with Crippen molar-refractivity contribution in [3.63, 3.8) is 0 Å². The molecule has 1 unspecified atom stereocenters. The van der Waals surface area contributed by atoms with Crippen LogP contribution in [-0.2, 0) is 22.7 Å². The lowest BCUT2D eigenvalue weighted by Crippen LogP contribution is -2.54. The molecule has 5 amide bonds. The van der Waals surface area contributed by atoms with Crippen molar-refractivity contribution >= 4 is 51.9 Å². The lowest BCUT2D eigenvalue weighted by Gasteiger charge is -2.34. The molecule has 9 rings (SSSR count). The molecule has 3 aromatic carbocycles. The molecule has 4 N–H and O–H groups in total. The van der Waals surface area contributed by atoms with Gasteiger partial charge in [-0.2, -0.15) is 0 Å². The van der Waals surface area contributed by atoms with Crippen molar-refractivity contribution in [1.82, 2.24) is 40.1 Å². The van der Waals surface area contributed by atoms with Gasteiger partial charge in [-0.25, -0.2) is 4.98 Å². The molecule has 4 aliphatic heterocycles. The van der Waals surface area contributed by atoms with Gasteiger partial charge in [-0.1, -0.05) is 23.4 Å². The number of aliphatic hydroxyl groups is 1. The summed E-state index contributed by atoms with van der Waals surface area (Å²) in [6.07, 6.45) is 6.40. The second-order valence-corrected chi connectivity index (χ2v) is 16.2. The Bertz CT molecular complexity index is 2450. The normalized spacial score (nSPS) is 21.4. The molecule has 0 spiro atoms. The number of fused-ring (bicyclic) bond motifs is 2. The van der Waals surface area contributed by atoms with Crippen molar-refractivity contribution in [2.24, 2.45) is 5.92 Å². The number of nitrogens with zero attached hydrogens (tertiary/aromatic N) is 7. The number of anilines is 2. The SMILES string of the molecule is C[C@H]1C[C@H](O)CN1Cc1nc2cc(NC(=O)c3ccc(-c4cn(CCCC5CCN(c6cccc7c6C(=O)N(C6CCC(=O)NC6=O)C7=O)CC5)nn4)cc3)ccc2[nH]1. The first-order chi connectivity index (χ1) is 28.6. The fraction of sp³-hybridized carbons (Fsp3) is 0.395. The lowest BCUT2D eigenvalue weighted by molar-refractivity contribution is -0.136.